The lowest BCUT2D eigenvalue weighted by atomic mass is 10.2. The summed E-state index contributed by atoms with van der Waals surface area (Å²) in [4.78, 5) is 11.3. The van der Waals surface area contributed by atoms with Crippen molar-refractivity contribution in [2.24, 2.45) is 0 Å². The van der Waals surface area contributed by atoms with Gasteiger partial charge in [0.25, 0.3) is 5.91 Å². The van der Waals surface area contributed by atoms with Crippen LogP contribution in [-0.4, -0.2) is 38.5 Å². The van der Waals surface area contributed by atoms with E-state index in [-0.39, 0.29) is 23.8 Å². The number of nitrogens with one attached hydrogen (secondary N) is 2. The highest BCUT2D eigenvalue weighted by Crippen LogP contribution is 2.33. The molecule has 0 saturated heterocycles. The number of rotatable bonds is 3. The first-order valence-electron chi connectivity index (χ1n) is 6.95. The Hall–Kier alpha value is -1.76. The van der Waals surface area contributed by atoms with Gasteiger partial charge in [-0.1, -0.05) is 0 Å². The third-order valence-electron chi connectivity index (χ3n) is 3.97. The van der Waals surface area contributed by atoms with E-state index in [0.717, 1.165) is 18.5 Å². The van der Waals surface area contributed by atoms with Crippen LogP contribution in [0.4, 0.5) is 11.4 Å². The van der Waals surface area contributed by atoms with Crippen molar-refractivity contribution in [1.29, 1.82) is 0 Å². The quantitative estimate of drug-likeness (QED) is 0.881. The molecular weight excluding hydrogens is 292 g/mol. The summed E-state index contributed by atoms with van der Waals surface area (Å²) >= 11 is 0. The summed E-state index contributed by atoms with van der Waals surface area (Å²) in [6.45, 7) is 0.0263. The van der Waals surface area contributed by atoms with Crippen LogP contribution in [0.2, 0.25) is 0 Å². The zero-order chi connectivity index (χ0) is 15.0. The summed E-state index contributed by atoms with van der Waals surface area (Å²) in [5.41, 5.74) is 1.41. The minimum Gasteiger partial charge on any atom is -0.482 e. The highest BCUT2D eigenvalue weighted by Gasteiger charge is 2.34. The second-order valence-corrected chi connectivity index (χ2v) is 7.86. The molecule has 1 heterocycles. The highest BCUT2D eigenvalue weighted by atomic mass is 32.2. The number of hydrogen-bond donors (Lipinski definition) is 2. The molecule has 6 nitrogen and oxygen atoms in total. The molecule has 114 valence electrons. The molecule has 1 aliphatic carbocycles. The van der Waals surface area contributed by atoms with Crippen LogP contribution in [0.15, 0.2) is 18.2 Å². The maximum atomic E-state index is 11.8. The summed E-state index contributed by atoms with van der Waals surface area (Å²) < 4.78 is 28.9. The lowest BCUT2D eigenvalue weighted by Gasteiger charge is -2.23. The van der Waals surface area contributed by atoms with Gasteiger partial charge in [0.05, 0.1) is 10.9 Å². The minimum atomic E-state index is -3.05. The lowest BCUT2D eigenvalue weighted by molar-refractivity contribution is -0.118. The summed E-state index contributed by atoms with van der Waals surface area (Å²) in [6.07, 6.45) is 3.72. The normalized spacial score (nSPS) is 24.9. The number of benzene rings is 1. The molecule has 0 spiro atoms. The molecule has 1 saturated carbocycles. The molecule has 0 aromatic heterocycles. The number of sulfone groups is 1. The van der Waals surface area contributed by atoms with Crippen LogP contribution in [0.25, 0.3) is 0 Å². The molecule has 2 N–H and O–H groups in total. The van der Waals surface area contributed by atoms with Crippen LogP contribution < -0.4 is 15.4 Å². The molecule has 1 fully saturated rings. The number of anilines is 2. The molecule has 7 heteroatoms. The third kappa shape index (κ3) is 2.97. The Morgan fingerprint density at radius 3 is 2.90 bits per heavy atom. The van der Waals surface area contributed by atoms with Crippen molar-refractivity contribution < 1.29 is 17.9 Å². The fraction of sp³-hybridized carbons (Fsp3) is 0.500. The molecule has 3 rings (SSSR count). The first kappa shape index (κ1) is 14.2. The molecule has 0 radical (unpaired) electrons. The van der Waals surface area contributed by atoms with Gasteiger partial charge in [0.15, 0.2) is 16.4 Å². The van der Waals surface area contributed by atoms with Crippen molar-refractivity contribution in [3.8, 4) is 5.75 Å². The Morgan fingerprint density at radius 2 is 2.14 bits per heavy atom. The largest absolute Gasteiger partial charge is 0.482 e. The van der Waals surface area contributed by atoms with Gasteiger partial charge in [-0.2, -0.15) is 0 Å². The zero-order valence-electron chi connectivity index (χ0n) is 11.8. The van der Waals surface area contributed by atoms with Gasteiger partial charge in [-0.15, -0.1) is 0 Å². The van der Waals surface area contributed by atoms with E-state index in [2.05, 4.69) is 10.6 Å². The molecule has 2 atom stereocenters. The molecule has 1 aromatic rings. The first-order valence-corrected chi connectivity index (χ1v) is 8.91. The number of hydrogen-bond acceptors (Lipinski definition) is 5. The summed E-state index contributed by atoms with van der Waals surface area (Å²) in [6, 6.07) is 5.32. The van der Waals surface area contributed by atoms with E-state index in [0.29, 0.717) is 17.9 Å². The molecule has 1 aliphatic heterocycles. The Morgan fingerprint density at radius 1 is 1.33 bits per heavy atom. The maximum absolute atomic E-state index is 11.8. The average Bonchev–Trinajstić information content (AvgIpc) is 2.86. The van der Waals surface area contributed by atoms with E-state index in [1.54, 1.807) is 12.1 Å². The van der Waals surface area contributed by atoms with Crippen molar-refractivity contribution in [1.82, 2.24) is 0 Å². The number of carbonyl (C=O) groups excluding carboxylic acids is 1. The Balaban J connectivity index is 1.79. The van der Waals surface area contributed by atoms with Crippen molar-refractivity contribution in [3.63, 3.8) is 0 Å². The lowest BCUT2D eigenvalue weighted by Crippen LogP contribution is -2.34. The van der Waals surface area contributed by atoms with Crippen LogP contribution in [-0.2, 0) is 14.6 Å². The van der Waals surface area contributed by atoms with Crippen molar-refractivity contribution in [2.45, 2.75) is 30.6 Å². The number of ether oxygens (including phenoxy) is 1. The van der Waals surface area contributed by atoms with Gasteiger partial charge in [0.2, 0.25) is 0 Å². The summed E-state index contributed by atoms with van der Waals surface area (Å²) in [7, 11) is -3.05. The van der Waals surface area contributed by atoms with Gasteiger partial charge in [0.1, 0.15) is 5.75 Å². The smallest absolute Gasteiger partial charge is 0.262 e. The van der Waals surface area contributed by atoms with Gasteiger partial charge in [-0.3, -0.25) is 4.79 Å². The summed E-state index contributed by atoms with van der Waals surface area (Å²) in [5, 5.41) is 5.67. The van der Waals surface area contributed by atoms with E-state index in [9.17, 15) is 13.2 Å². The molecular formula is C14H18N2O4S. The van der Waals surface area contributed by atoms with E-state index >= 15 is 0 Å². The van der Waals surface area contributed by atoms with E-state index in [4.69, 9.17) is 4.74 Å². The summed E-state index contributed by atoms with van der Waals surface area (Å²) in [5.74, 6) is 0.445. The zero-order valence-corrected chi connectivity index (χ0v) is 12.6. The highest BCUT2D eigenvalue weighted by molar-refractivity contribution is 7.91. The van der Waals surface area contributed by atoms with Crippen LogP contribution in [0, 0.1) is 0 Å². The van der Waals surface area contributed by atoms with Crippen LogP contribution >= 0.6 is 0 Å². The Labute approximate surface area is 123 Å². The first-order chi connectivity index (χ1) is 9.93. The maximum Gasteiger partial charge on any atom is 0.262 e. The average molecular weight is 310 g/mol. The van der Waals surface area contributed by atoms with Crippen LogP contribution in [0.5, 0.6) is 5.75 Å². The molecule has 2 aliphatic rings. The van der Waals surface area contributed by atoms with Gasteiger partial charge >= 0.3 is 0 Å². The third-order valence-corrected chi connectivity index (χ3v) is 5.63. The number of fused-ring (bicyclic) bond motifs is 1. The van der Waals surface area contributed by atoms with Gasteiger partial charge in [-0.25, -0.2) is 8.42 Å². The topological polar surface area (TPSA) is 84.5 Å². The van der Waals surface area contributed by atoms with Crippen molar-refractivity contribution in [3.05, 3.63) is 18.2 Å². The monoisotopic (exact) mass is 310 g/mol. The standard InChI is InChI=1S/C14H18N2O4S/c1-21(18,19)13-4-2-3-10(13)15-9-5-6-12-11(7-9)16-14(17)8-20-12/h5-7,10,13,15H,2-4,8H2,1H3,(H,16,17). The molecule has 1 aromatic carbocycles. The van der Waals surface area contributed by atoms with Crippen LogP contribution in [0.1, 0.15) is 19.3 Å². The predicted molar refractivity (Wildman–Crippen MR) is 80.5 cm³/mol. The predicted octanol–water partition coefficient (Wildman–Crippen LogP) is 1.40. The van der Waals surface area contributed by atoms with E-state index in [1.165, 1.54) is 6.26 Å². The van der Waals surface area contributed by atoms with Crippen LogP contribution in [0.3, 0.4) is 0 Å². The van der Waals surface area contributed by atoms with Gasteiger partial charge < -0.3 is 15.4 Å². The SMILES string of the molecule is CS(=O)(=O)C1CCCC1Nc1ccc2c(c1)NC(=O)CO2. The van der Waals surface area contributed by atoms with E-state index in [1.807, 2.05) is 6.07 Å². The Kier molecular flexibility index (Phi) is 3.52. The Bertz CT molecular complexity index is 672. The van der Waals surface area contributed by atoms with Gasteiger partial charge in [0, 0.05) is 18.0 Å². The fourth-order valence-electron chi connectivity index (χ4n) is 2.99. The molecule has 21 heavy (non-hydrogen) atoms. The second-order valence-electron chi connectivity index (χ2n) is 5.60. The van der Waals surface area contributed by atoms with E-state index < -0.39 is 9.84 Å². The van der Waals surface area contributed by atoms with Gasteiger partial charge in [-0.05, 0) is 37.5 Å². The molecule has 0 bridgehead atoms. The molecule has 1 amide bonds. The van der Waals surface area contributed by atoms with Crippen molar-refractivity contribution in [2.75, 3.05) is 23.5 Å². The fourth-order valence-corrected chi connectivity index (χ4v) is 4.39. The number of amides is 1. The second kappa shape index (κ2) is 5.22. The number of carbonyl (C=O) groups is 1. The molecule has 2 unspecified atom stereocenters. The minimum absolute atomic E-state index is 0.0263. The van der Waals surface area contributed by atoms with Crippen molar-refractivity contribution >= 4 is 27.1 Å².